The number of nitrogens with zero attached hydrogens (tertiary/aromatic N) is 2. The van der Waals surface area contributed by atoms with Crippen LogP contribution in [0, 0.1) is 29.5 Å². The monoisotopic (exact) mass is 442 g/mol. The molecule has 5 rings (SSSR count). The van der Waals surface area contributed by atoms with Crippen molar-refractivity contribution in [3.8, 4) is 6.07 Å². The van der Waals surface area contributed by atoms with E-state index in [1.54, 1.807) is 24.3 Å². The first-order valence-corrected chi connectivity index (χ1v) is 10.8. The van der Waals surface area contributed by atoms with Crippen LogP contribution in [0.25, 0.3) is 0 Å². The zero-order valence-corrected chi connectivity index (χ0v) is 18.6. The number of nitrogens with two attached hydrogens (primary N) is 1. The van der Waals surface area contributed by atoms with Crippen LogP contribution in [0.4, 0.5) is 15.8 Å². The summed E-state index contributed by atoms with van der Waals surface area (Å²) in [6.07, 6.45) is 0.587. The molecule has 0 saturated heterocycles. The quantitative estimate of drug-likeness (QED) is 0.690. The topological polar surface area (TPSA) is 99.2 Å². The molecule has 1 aliphatic carbocycles. The summed E-state index contributed by atoms with van der Waals surface area (Å²) in [5.41, 5.74) is 7.16. The first-order valence-electron chi connectivity index (χ1n) is 10.8. The number of anilines is 2. The van der Waals surface area contributed by atoms with Crippen molar-refractivity contribution in [1.82, 2.24) is 0 Å². The van der Waals surface area contributed by atoms with Gasteiger partial charge in [-0.05, 0) is 37.0 Å². The molecule has 0 radical (unpaired) electrons. The number of nitrogens with one attached hydrogen (secondary N) is 1. The fourth-order valence-corrected chi connectivity index (χ4v) is 5.44. The highest BCUT2D eigenvalue weighted by atomic mass is 19.1. The molecule has 6 nitrogen and oxygen atoms in total. The van der Waals surface area contributed by atoms with Gasteiger partial charge in [-0.2, -0.15) is 5.26 Å². The first-order chi connectivity index (χ1) is 15.6. The van der Waals surface area contributed by atoms with Crippen LogP contribution in [0.5, 0.6) is 0 Å². The number of para-hydroxylation sites is 1. The Morgan fingerprint density at radius 3 is 2.58 bits per heavy atom. The van der Waals surface area contributed by atoms with E-state index in [0.717, 1.165) is 5.56 Å². The summed E-state index contributed by atoms with van der Waals surface area (Å²) in [7, 11) is 0. The Hall–Kier alpha value is -3.92. The maximum atomic E-state index is 15.0. The Labute approximate surface area is 191 Å². The van der Waals surface area contributed by atoms with Gasteiger partial charge in [0.05, 0.1) is 11.3 Å². The van der Waals surface area contributed by atoms with Gasteiger partial charge in [0, 0.05) is 28.9 Å². The summed E-state index contributed by atoms with van der Waals surface area (Å²) >= 11 is 0. The molecule has 0 aromatic heterocycles. The lowest BCUT2D eigenvalue weighted by Gasteiger charge is -2.46. The van der Waals surface area contributed by atoms with Crippen LogP contribution in [0.3, 0.4) is 0 Å². The van der Waals surface area contributed by atoms with Crippen LogP contribution < -0.4 is 16.0 Å². The second-order valence-corrected chi connectivity index (χ2v) is 9.67. The van der Waals surface area contributed by atoms with Crippen molar-refractivity contribution in [1.29, 1.82) is 5.26 Å². The molecule has 3 aliphatic rings. The van der Waals surface area contributed by atoms with Crippen molar-refractivity contribution in [2.75, 3.05) is 10.2 Å². The molecule has 33 heavy (non-hydrogen) atoms. The third-order valence-electron chi connectivity index (χ3n) is 6.74. The number of fused-ring (bicyclic) bond motifs is 3. The number of rotatable bonds is 1. The maximum Gasteiger partial charge on any atom is 0.245 e. The third kappa shape index (κ3) is 2.70. The number of carbonyl (C=O) groups is 2. The van der Waals surface area contributed by atoms with Crippen molar-refractivity contribution in [2.45, 2.75) is 39.0 Å². The average Bonchev–Trinajstić information content (AvgIpc) is 3.00. The highest BCUT2D eigenvalue weighted by Crippen LogP contribution is 2.57. The third-order valence-corrected chi connectivity index (χ3v) is 6.74. The van der Waals surface area contributed by atoms with E-state index in [1.807, 2.05) is 32.9 Å². The Kier molecular flexibility index (Phi) is 4.31. The second-order valence-electron chi connectivity index (χ2n) is 9.67. The number of nitriles is 1. The standard InChI is InChI=1S/C26H23FN4O2/c1-14-8-9-18-15(10-14)26(24(33)30-18)16(13-28)23(29)31(19-7-5-4-6-17(19)27)20-11-25(2,3)12-21(32)22(20)26/h4-10H,11-12,29H2,1-3H3,(H,30,33). The summed E-state index contributed by atoms with van der Waals surface area (Å²) in [4.78, 5) is 28.9. The van der Waals surface area contributed by atoms with Gasteiger partial charge in [-0.25, -0.2) is 4.39 Å². The number of allylic oxidation sites excluding steroid dienone is 1. The molecule has 2 aromatic rings. The Morgan fingerprint density at radius 2 is 1.88 bits per heavy atom. The van der Waals surface area contributed by atoms with Gasteiger partial charge in [-0.1, -0.05) is 43.7 Å². The molecule has 0 saturated carbocycles. The molecule has 2 heterocycles. The van der Waals surface area contributed by atoms with E-state index in [0.29, 0.717) is 23.4 Å². The summed E-state index contributed by atoms with van der Waals surface area (Å²) in [6, 6.07) is 13.6. The van der Waals surface area contributed by atoms with Gasteiger partial charge in [0.15, 0.2) is 5.78 Å². The van der Waals surface area contributed by atoms with Gasteiger partial charge >= 0.3 is 0 Å². The van der Waals surface area contributed by atoms with Crippen LogP contribution >= 0.6 is 0 Å². The number of amides is 1. The van der Waals surface area contributed by atoms with E-state index < -0.39 is 22.6 Å². The summed E-state index contributed by atoms with van der Waals surface area (Å²) in [6.45, 7) is 5.78. The smallest absolute Gasteiger partial charge is 0.245 e. The summed E-state index contributed by atoms with van der Waals surface area (Å²) in [5, 5.41) is 13.1. The number of benzene rings is 2. The Bertz CT molecular complexity index is 1360. The van der Waals surface area contributed by atoms with Gasteiger partial charge < -0.3 is 11.1 Å². The normalized spacial score (nSPS) is 23.4. The first kappa shape index (κ1) is 21.0. The highest BCUT2D eigenvalue weighted by Gasteiger charge is 2.61. The molecule has 1 amide bonds. The molecule has 0 fully saturated rings. The molecule has 1 spiro atoms. The van der Waals surface area contributed by atoms with Gasteiger partial charge in [-0.15, -0.1) is 0 Å². The summed E-state index contributed by atoms with van der Waals surface area (Å²) in [5.74, 6) is -1.32. The Balaban J connectivity index is 1.93. The van der Waals surface area contributed by atoms with Crippen molar-refractivity contribution in [3.05, 3.63) is 82.1 Å². The van der Waals surface area contributed by atoms with Crippen molar-refractivity contribution in [3.63, 3.8) is 0 Å². The Morgan fingerprint density at radius 1 is 1.15 bits per heavy atom. The maximum absolute atomic E-state index is 15.0. The van der Waals surface area contributed by atoms with E-state index >= 15 is 0 Å². The molecule has 1 atom stereocenters. The molecule has 166 valence electrons. The SMILES string of the molecule is Cc1ccc2c(c1)C1(C(=O)N2)C(C#N)=C(N)N(c2ccccc2F)C2=C1C(=O)CC(C)(C)C2. The van der Waals surface area contributed by atoms with Gasteiger partial charge in [0.25, 0.3) is 0 Å². The van der Waals surface area contributed by atoms with Crippen molar-refractivity contribution < 1.29 is 14.0 Å². The lowest BCUT2D eigenvalue weighted by molar-refractivity contribution is -0.123. The fraction of sp³-hybridized carbons (Fsp3) is 0.269. The number of hydrogen-bond donors (Lipinski definition) is 2. The summed E-state index contributed by atoms with van der Waals surface area (Å²) < 4.78 is 15.0. The number of ketones is 1. The molecular formula is C26H23FN4O2. The van der Waals surface area contributed by atoms with Crippen LogP contribution in [0.2, 0.25) is 0 Å². The fourth-order valence-electron chi connectivity index (χ4n) is 5.44. The van der Waals surface area contributed by atoms with Crippen LogP contribution in [0.15, 0.2) is 65.1 Å². The van der Waals surface area contributed by atoms with Gasteiger partial charge in [0.2, 0.25) is 5.91 Å². The highest BCUT2D eigenvalue weighted by molar-refractivity contribution is 6.20. The molecular weight excluding hydrogens is 419 g/mol. The van der Waals surface area contributed by atoms with E-state index in [4.69, 9.17) is 5.73 Å². The zero-order chi connectivity index (χ0) is 23.7. The van der Waals surface area contributed by atoms with Crippen LogP contribution in [0.1, 0.15) is 37.8 Å². The molecule has 1 unspecified atom stereocenters. The van der Waals surface area contributed by atoms with E-state index in [-0.39, 0.29) is 34.9 Å². The lowest BCUT2D eigenvalue weighted by Crippen LogP contribution is -2.52. The number of aryl methyl sites for hydroxylation is 1. The molecule has 2 aliphatic heterocycles. The zero-order valence-electron chi connectivity index (χ0n) is 18.6. The number of Topliss-reactive ketones (excluding diaryl/α,β-unsaturated/α-hetero) is 1. The number of carbonyl (C=O) groups excluding carboxylic acids is 2. The number of halogens is 1. The lowest BCUT2D eigenvalue weighted by atomic mass is 9.60. The molecule has 0 bridgehead atoms. The minimum atomic E-state index is -1.66. The van der Waals surface area contributed by atoms with E-state index in [9.17, 15) is 19.2 Å². The largest absolute Gasteiger partial charge is 0.384 e. The van der Waals surface area contributed by atoms with Crippen LogP contribution in [-0.2, 0) is 15.0 Å². The van der Waals surface area contributed by atoms with Gasteiger partial charge in [-0.3, -0.25) is 14.5 Å². The van der Waals surface area contributed by atoms with Crippen LogP contribution in [-0.4, -0.2) is 11.7 Å². The molecule has 2 aromatic carbocycles. The van der Waals surface area contributed by atoms with E-state index in [1.165, 1.54) is 11.0 Å². The predicted octanol–water partition coefficient (Wildman–Crippen LogP) is 4.18. The van der Waals surface area contributed by atoms with Gasteiger partial charge in [0.1, 0.15) is 23.1 Å². The minimum Gasteiger partial charge on any atom is -0.384 e. The average molecular weight is 442 g/mol. The second kappa shape index (κ2) is 6.79. The molecule has 7 heteroatoms. The van der Waals surface area contributed by atoms with E-state index in [2.05, 4.69) is 11.4 Å². The minimum absolute atomic E-state index is 0.0450. The van der Waals surface area contributed by atoms with Crippen molar-refractivity contribution in [2.24, 2.45) is 11.1 Å². The predicted molar refractivity (Wildman–Crippen MR) is 122 cm³/mol. The molecule has 3 N–H and O–H groups in total. The number of hydrogen-bond acceptors (Lipinski definition) is 5. The van der Waals surface area contributed by atoms with Crippen molar-refractivity contribution >= 4 is 23.1 Å².